The summed E-state index contributed by atoms with van der Waals surface area (Å²) >= 11 is 0. The molecule has 0 unspecified atom stereocenters. The van der Waals surface area contributed by atoms with Crippen LogP contribution in [0.25, 0.3) is 22.3 Å². The van der Waals surface area contributed by atoms with Crippen molar-refractivity contribution in [3.05, 3.63) is 105 Å². The molecule has 20 N–H and O–H groups in total. The van der Waals surface area contributed by atoms with Gasteiger partial charge in [-0.15, -0.1) is 0 Å². The fourth-order valence-electron chi connectivity index (χ4n) is 10.9. The lowest BCUT2D eigenvalue weighted by Gasteiger charge is -2.43. The van der Waals surface area contributed by atoms with Crippen molar-refractivity contribution in [1.82, 2.24) is 0 Å². The molecule has 31 nitrogen and oxygen atoms in total. The minimum absolute atomic E-state index is 0.0205. The number of benzene rings is 7. The highest BCUT2D eigenvalue weighted by Crippen LogP contribution is 2.62. The van der Waals surface area contributed by atoms with Crippen LogP contribution in [0.4, 0.5) is 0 Å². The molecule has 0 radical (unpaired) electrons. The molecule has 7 aromatic carbocycles. The first-order valence-corrected chi connectivity index (χ1v) is 24.9. The molecule has 11 rings (SSSR count). The molecule has 7 aromatic rings. The van der Waals surface area contributed by atoms with Crippen molar-refractivity contribution >= 4 is 29.8 Å². The number of ether oxygens (including phenoxy) is 6. The number of carbonyl (C=O) groups is 5. The van der Waals surface area contributed by atoms with E-state index in [0.717, 1.165) is 18.2 Å². The van der Waals surface area contributed by atoms with E-state index in [1.807, 2.05) is 0 Å². The first-order valence-electron chi connectivity index (χ1n) is 24.9. The number of phenols is 19. The van der Waals surface area contributed by atoms with Gasteiger partial charge in [0.25, 0.3) is 0 Å². The van der Waals surface area contributed by atoms with E-state index < -0.39 is 267 Å². The second-order valence-corrected chi connectivity index (χ2v) is 19.9. The predicted octanol–water partition coefficient (Wildman–Crippen LogP) is 3.30. The molecule has 0 saturated carbocycles. The summed E-state index contributed by atoms with van der Waals surface area (Å²) in [5, 5.41) is 222. The summed E-state index contributed by atoms with van der Waals surface area (Å²) in [7, 11) is 0. The first-order chi connectivity index (χ1) is 41.0. The van der Waals surface area contributed by atoms with Gasteiger partial charge in [-0.2, -0.15) is 0 Å². The molecule has 0 aliphatic carbocycles. The van der Waals surface area contributed by atoms with Gasteiger partial charge in [-0.05, 0) is 48.0 Å². The number of hydrogen-bond acceptors (Lipinski definition) is 31. The number of carbonyl (C=O) groups excluding carboxylic acids is 5. The summed E-state index contributed by atoms with van der Waals surface area (Å²) in [5.41, 5.74) is -13.3. The lowest BCUT2D eigenvalue weighted by Crippen LogP contribution is -2.56. The third-order valence-corrected chi connectivity index (χ3v) is 14.9. The quantitative estimate of drug-likeness (QED) is 0.0668. The fourth-order valence-corrected chi connectivity index (χ4v) is 10.9. The van der Waals surface area contributed by atoms with Crippen molar-refractivity contribution in [2.75, 3.05) is 6.61 Å². The molecule has 0 fully saturated rings. The Morgan fingerprint density at radius 3 is 1.46 bits per heavy atom. The largest absolute Gasteiger partial charge is 0.507 e. The van der Waals surface area contributed by atoms with Gasteiger partial charge in [0.05, 0.1) is 39.8 Å². The van der Waals surface area contributed by atoms with Crippen LogP contribution in [-0.4, -0.2) is 169 Å². The smallest absolute Gasteiger partial charge is 0.339 e. The monoisotopic (exact) mass is 1210 g/mol. The Balaban J connectivity index is 1.22. The number of aliphatic hydroxyl groups is 1. The van der Waals surface area contributed by atoms with E-state index >= 15 is 14.4 Å². The zero-order chi connectivity index (χ0) is 63.0. The van der Waals surface area contributed by atoms with E-state index in [9.17, 15) is 112 Å². The molecule has 87 heavy (non-hydrogen) atoms. The van der Waals surface area contributed by atoms with Crippen LogP contribution in [0.3, 0.4) is 0 Å². The van der Waals surface area contributed by atoms with Crippen molar-refractivity contribution in [1.29, 1.82) is 0 Å². The number of esters is 5. The molecule has 0 amide bonds. The summed E-state index contributed by atoms with van der Waals surface area (Å²) in [6.07, 6.45) is -15.4. The van der Waals surface area contributed by atoms with Gasteiger partial charge in [-0.3, -0.25) is 0 Å². The van der Waals surface area contributed by atoms with Crippen LogP contribution in [0.2, 0.25) is 0 Å². The number of fused-ring (bicyclic) bond motifs is 8. The van der Waals surface area contributed by atoms with Crippen LogP contribution in [-0.2, 0) is 30.1 Å². The van der Waals surface area contributed by atoms with Crippen LogP contribution >= 0.6 is 0 Å². The van der Waals surface area contributed by atoms with Crippen LogP contribution in [0.1, 0.15) is 86.1 Å². The minimum Gasteiger partial charge on any atom is -0.507 e. The van der Waals surface area contributed by atoms with Crippen molar-refractivity contribution in [3.63, 3.8) is 0 Å². The maximum absolute atomic E-state index is 15.3. The Hall–Kier alpha value is -12.2. The van der Waals surface area contributed by atoms with Crippen molar-refractivity contribution in [2.24, 2.45) is 0 Å². The van der Waals surface area contributed by atoms with Gasteiger partial charge < -0.3 is 131 Å². The van der Waals surface area contributed by atoms with Crippen molar-refractivity contribution < 1.29 is 155 Å². The van der Waals surface area contributed by atoms with Crippen LogP contribution in [0.5, 0.6) is 115 Å². The SMILES string of the molecule is O=C(O[C@@H]1COC(=O)c2cc(O)c(O)c(O)c2-c2c(cc(O)c(O)c2O)C(=O)O[C@H]1[C@@H]1OC(=O)c2cc(O)c(O)c(O)c2-c2c(O)c(O)c(O)c3c2C(=O)O[C@H]1[C@@H]3c1c(O)cc2c(c1O)C[C@H](O)[C@@H](c1ccc(O)c(O)c1)O2)c1cc(O)c(O)c(O)c1. The zero-order valence-corrected chi connectivity index (χ0v) is 43.1. The summed E-state index contributed by atoms with van der Waals surface area (Å²) in [5.74, 6) is -37.9. The van der Waals surface area contributed by atoms with Gasteiger partial charge in [0, 0.05) is 51.4 Å². The topological polar surface area (TPSA) is 545 Å². The number of rotatable bonds is 5. The third-order valence-electron chi connectivity index (χ3n) is 14.9. The van der Waals surface area contributed by atoms with Crippen molar-refractivity contribution in [3.8, 4) is 137 Å². The van der Waals surface area contributed by atoms with E-state index in [1.54, 1.807) is 0 Å². The Kier molecular flexibility index (Phi) is 13.1. The number of phenolic OH excluding ortho intramolecular Hbond substituents is 19. The van der Waals surface area contributed by atoms with E-state index in [1.165, 1.54) is 6.07 Å². The Bertz CT molecular complexity index is 4220. The normalized spacial score (nSPS) is 20.4. The van der Waals surface area contributed by atoms with E-state index in [-0.39, 0.29) is 5.56 Å². The number of aromatic hydroxyl groups is 19. The zero-order valence-electron chi connectivity index (χ0n) is 43.1. The van der Waals surface area contributed by atoms with Gasteiger partial charge in [0.1, 0.15) is 30.0 Å². The molecular weight excluding hydrogens is 1170 g/mol. The number of aliphatic hydroxyl groups excluding tert-OH is 1. The lowest BCUT2D eigenvalue weighted by molar-refractivity contribution is -0.135. The van der Waals surface area contributed by atoms with Gasteiger partial charge in [0.2, 0.25) is 23.0 Å². The van der Waals surface area contributed by atoms with Crippen LogP contribution in [0.15, 0.2) is 54.6 Å². The molecule has 4 aliphatic heterocycles. The highest BCUT2D eigenvalue weighted by Gasteiger charge is 2.56. The molecular formula is C56H40O31. The standard InChI is InChI=1S/C56H40O31/c57-18-2-1-12(3-19(18)58)48-26(65)6-14-27(83-48)10-20(59)32(37(14)66)35-34-36-33(45(74)47(76)46(34)75)31-17(9-25(64)41(70)44(31)73)55(80)87-51(50(35)86-56(36)81)49-28(84-52(77)13-4-21(60)38(67)22(61)5-13)11-82-53(78)15-7-23(62)39(68)42(71)29(15)30-16(54(79)85-49)8-24(63)40(69)43(30)72/h1-5,7-10,26,28,35,48-51,57-76H,6,11H2/t26-,28+,35+,48+,49+,50-,51-/m0/s1. The van der Waals surface area contributed by atoms with Gasteiger partial charge in [0.15, 0.2) is 99.2 Å². The second-order valence-electron chi connectivity index (χ2n) is 19.9. The Morgan fingerprint density at radius 2 is 0.908 bits per heavy atom. The number of hydrogen-bond donors (Lipinski definition) is 20. The highest BCUT2D eigenvalue weighted by molar-refractivity contribution is 6.11. The van der Waals surface area contributed by atoms with E-state index in [4.69, 9.17) is 28.4 Å². The number of cyclic esters (lactones) is 3. The summed E-state index contributed by atoms with van der Waals surface area (Å²) in [4.78, 5) is 74.4. The van der Waals surface area contributed by atoms with Gasteiger partial charge in [-0.25, -0.2) is 24.0 Å². The van der Waals surface area contributed by atoms with E-state index in [2.05, 4.69) is 0 Å². The van der Waals surface area contributed by atoms with E-state index in [0.29, 0.717) is 30.3 Å². The maximum atomic E-state index is 15.3. The second kappa shape index (κ2) is 20.0. The van der Waals surface area contributed by atoms with Crippen molar-refractivity contribution in [2.45, 2.75) is 49.0 Å². The molecule has 0 saturated heterocycles. The minimum atomic E-state index is -3.00. The molecule has 2 bridgehead atoms. The van der Waals surface area contributed by atoms with Crippen LogP contribution in [0, 0.1) is 0 Å². The maximum Gasteiger partial charge on any atom is 0.339 e. The first kappa shape index (κ1) is 56.7. The lowest BCUT2D eigenvalue weighted by atomic mass is 9.74. The van der Waals surface area contributed by atoms with Crippen LogP contribution < -0.4 is 4.74 Å². The Morgan fingerprint density at radius 1 is 0.414 bits per heavy atom. The molecule has 7 atom stereocenters. The fraction of sp³-hybridized carbons (Fsp3) is 0.161. The average molecular weight is 1210 g/mol. The molecule has 0 spiro atoms. The summed E-state index contributed by atoms with van der Waals surface area (Å²) in [6.45, 7) is -1.63. The van der Waals surface area contributed by atoms with Gasteiger partial charge in [-0.1, -0.05) is 6.07 Å². The molecule has 31 heteroatoms. The average Bonchev–Trinajstić information content (AvgIpc) is 0.968. The summed E-state index contributed by atoms with van der Waals surface area (Å²) in [6, 6.07) is 6.01. The molecule has 0 aromatic heterocycles. The molecule has 4 heterocycles. The predicted molar refractivity (Wildman–Crippen MR) is 277 cm³/mol. The molecule has 450 valence electrons. The Labute approximate surface area is 480 Å². The molecule has 4 aliphatic rings. The van der Waals surface area contributed by atoms with Gasteiger partial charge >= 0.3 is 29.8 Å². The highest BCUT2D eigenvalue weighted by atomic mass is 16.6. The third kappa shape index (κ3) is 8.66. The summed E-state index contributed by atoms with van der Waals surface area (Å²) < 4.78 is 35.1.